The van der Waals surface area contributed by atoms with E-state index in [0.717, 1.165) is 6.54 Å². The lowest BCUT2D eigenvalue weighted by atomic mass is 10.2. The number of aliphatic hydroxyl groups excluding tert-OH is 1. The van der Waals surface area contributed by atoms with Gasteiger partial charge in [0.05, 0.1) is 12.1 Å². The maximum Gasteiger partial charge on any atom is 0.239 e. The van der Waals surface area contributed by atoms with Crippen LogP contribution >= 0.6 is 0 Å². The van der Waals surface area contributed by atoms with Gasteiger partial charge >= 0.3 is 0 Å². The first-order valence-corrected chi connectivity index (χ1v) is 5.76. The summed E-state index contributed by atoms with van der Waals surface area (Å²) in [6, 6.07) is -0.0525. The van der Waals surface area contributed by atoms with E-state index in [4.69, 9.17) is 0 Å². The molecule has 1 heterocycles. The molecule has 2 N–H and O–H groups in total. The summed E-state index contributed by atoms with van der Waals surface area (Å²) in [6.45, 7) is 3.11. The lowest BCUT2D eigenvalue weighted by molar-refractivity contribution is -0.134. The molecular weight excluding hydrogens is 206 g/mol. The molecule has 0 aromatic heterocycles. The second-order valence-electron chi connectivity index (χ2n) is 4.81. The highest BCUT2D eigenvalue weighted by atomic mass is 16.3. The zero-order chi connectivity index (χ0) is 12.3. The molecule has 0 aliphatic carbocycles. The minimum Gasteiger partial charge on any atom is -0.391 e. The molecular formula is C11H23N3O2. The summed E-state index contributed by atoms with van der Waals surface area (Å²) in [5.74, 6) is 0.0749. The Bertz CT molecular complexity index is 245. The number of carbonyl (C=O) groups excluding carboxylic acids is 1. The van der Waals surface area contributed by atoms with Gasteiger partial charge in [-0.3, -0.25) is 4.79 Å². The molecule has 1 amide bonds. The quantitative estimate of drug-likeness (QED) is 0.657. The van der Waals surface area contributed by atoms with Crippen LogP contribution in [-0.4, -0.2) is 73.2 Å². The van der Waals surface area contributed by atoms with Crippen LogP contribution in [0.4, 0.5) is 0 Å². The van der Waals surface area contributed by atoms with Gasteiger partial charge in [0.25, 0.3) is 0 Å². The molecule has 3 unspecified atom stereocenters. The van der Waals surface area contributed by atoms with Crippen molar-refractivity contribution < 1.29 is 9.90 Å². The molecule has 94 valence electrons. The molecule has 1 aliphatic rings. The average molecular weight is 229 g/mol. The molecule has 3 atom stereocenters. The molecule has 5 heteroatoms. The minimum atomic E-state index is -0.377. The molecule has 0 spiro atoms. The van der Waals surface area contributed by atoms with Crippen molar-refractivity contribution in [2.75, 3.05) is 34.2 Å². The number of hydrogen-bond acceptors (Lipinski definition) is 4. The number of amides is 1. The smallest absolute Gasteiger partial charge is 0.239 e. The summed E-state index contributed by atoms with van der Waals surface area (Å²) in [4.78, 5) is 15.9. The van der Waals surface area contributed by atoms with Gasteiger partial charge < -0.3 is 20.2 Å². The highest BCUT2D eigenvalue weighted by molar-refractivity contribution is 5.82. The number of rotatable bonds is 4. The third-order valence-corrected chi connectivity index (χ3v) is 3.05. The van der Waals surface area contributed by atoms with E-state index in [9.17, 15) is 9.90 Å². The van der Waals surface area contributed by atoms with Crippen LogP contribution in [0.15, 0.2) is 0 Å². The normalized spacial score (nSPS) is 27.5. The number of β-amino-alcohol motifs (C(OH)–C–C–N with tert-alkyl or cyclic N) is 1. The molecule has 5 nitrogen and oxygen atoms in total. The van der Waals surface area contributed by atoms with E-state index >= 15 is 0 Å². The van der Waals surface area contributed by atoms with Crippen LogP contribution in [-0.2, 0) is 4.79 Å². The Morgan fingerprint density at radius 1 is 1.62 bits per heavy atom. The van der Waals surface area contributed by atoms with Crippen molar-refractivity contribution >= 4 is 5.91 Å². The fourth-order valence-corrected chi connectivity index (χ4v) is 2.13. The number of likely N-dealkylation sites (tertiary alicyclic amines) is 1. The zero-order valence-electron chi connectivity index (χ0n) is 10.6. The molecule has 1 fully saturated rings. The van der Waals surface area contributed by atoms with Crippen molar-refractivity contribution in [3.63, 3.8) is 0 Å². The van der Waals surface area contributed by atoms with E-state index in [1.165, 1.54) is 0 Å². The molecule has 0 aromatic carbocycles. The molecule has 0 radical (unpaired) electrons. The van der Waals surface area contributed by atoms with Crippen LogP contribution in [0.1, 0.15) is 13.3 Å². The van der Waals surface area contributed by atoms with Crippen LogP contribution in [0.5, 0.6) is 0 Å². The van der Waals surface area contributed by atoms with E-state index in [1.807, 2.05) is 25.9 Å². The Labute approximate surface area is 97.4 Å². The van der Waals surface area contributed by atoms with Gasteiger partial charge in [0.15, 0.2) is 0 Å². The van der Waals surface area contributed by atoms with Crippen LogP contribution in [0.25, 0.3) is 0 Å². The Kier molecular flexibility index (Phi) is 4.70. The first-order valence-electron chi connectivity index (χ1n) is 5.76. The Morgan fingerprint density at radius 2 is 2.25 bits per heavy atom. The number of nitrogens with zero attached hydrogens (tertiary/aromatic N) is 2. The van der Waals surface area contributed by atoms with Gasteiger partial charge in [0.1, 0.15) is 0 Å². The van der Waals surface area contributed by atoms with Gasteiger partial charge in [-0.25, -0.2) is 0 Å². The van der Waals surface area contributed by atoms with E-state index in [1.54, 1.807) is 11.9 Å². The number of carbonyl (C=O) groups is 1. The predicted molar refractivity (Wildman–Crippen MR) is 63.2 cm³/mol. The molecule has 1 saturated heterocycles. The largest absolute Gasteiger partial charge is 0.391 e. The molecule has 0 bridgehead atoms. The third-order valence-electron chi connectivity index (χ3n) is 3.05. The number of likely N-dealkylation sites (N-methyl/N-ethyl adjacent to an activating group) is 2. The average Bonchev–Trinajstić information content (AvgIpc) is 2.56. The first-order chi connectivity index (χ1) is 7.45. The number of aliphatic hydroxyl groups is 1. The number of hydrogen-bond donors (Lipinski definition) is 2. The fourth-order valence-electron chi connectivity index (χ4n) is 2.13. The SMILES string of the molecule is CNC(C)C(=O)N1CC(O)CC1CN(C)C. The predicted octanol–water partition coefficient (Wildman–Crippen LogP) is -0.882. The Morgan fingerprint density at radius 3 is 2.75 bits per heavy atom. The van der Waals surface area contributed by atoms with Crippen LogP contribution in [0.2, 0.25) is 0 Å². The highest BCUT2D eigenvalue weighted by Gasteiger charge is 2.35. The molecule has 0 aromatic rings. The van der Waals surface area contributed by atoms with E-state index in [0.29, 0.717) is 13.0 Å². The third kappa shape index (κ3) is 3.17. The van der Waals surface area contributed by atoms with Gasteiger partial charge in [-0.05, 0) is 34.5 Å². The van der Waals surface area contributed by atoms with Crippen LogP contribution in [0.3, 0.4) is 0 Å². The van der Waals surface area contributed by atoms with E-state index < -0.39 is 0 Å². The van der Waals surface area contributed by atoms with Crippen molar-refractivity contribution in [1.29, 1.82) is 0 Å². The summed E-state index contributed by atoms with van der Waals surface area (Å²) in [7, 11) is 5.74. The Balaban J connectivity index is 2.65. The lowest BCUT2D eigenvalue weighted by Crippen LogP contribution is -2.48. The summed E-state index contributed by atoms with van der Waals surface area (Å²) >= 11 is 0. The van der Waals surface area contributed by atoms with Gasteiger partial charge in [0.2, 0.25) is 5.91 Å². The Hall–Kier alpha value is -0.650. The molecule has 0 saturated carbocycles. The fraction of sp³-hybridized carbons (Fsp3) is 0.909. The van der Waals surface area contributed by atoms with Crippen molar-refractivity contribution in [2.24, 2.45) is 0 Å². The maximum absolute atomic E-state index is 12.0. The topological polar surface area (TPSA) is 55.8 Å². The lowest BCUT2D eigenvalue weighted by Gasteiger charge is -2.28. The minimum absolute atomic E-state index is 0.0749. The van der Waals surface area contributed by atoms with Gasteiger partial charge in [-0.2, -0.15) is 0 Å². The molecule has 16 heavy (non-hydrogen) atoms. The van der Waals surface area contributed by atoms with Crippen LogP contribution < -0.4 is 5.32 Å². The molecule has 1 rings (SSSR count). The van der Waals surface area contributed by atoms with Crippen molar-refractivity contribution in [3.8, 4) is 0 Å². The summed E-state index contributed by atoms with van der Waals surface area (Å²) < 4.78 is 0. The van der Waals surface area contributed by atoms with E-state index in [2.05, 4.69) is 5.32 Å². The van der Waals surface area contributed by atoms with Crippen molar-refractivity contribution in [1.82, 2.24) is 15.1 Å². The standard InChI is InChI=1S/C11H23N3O2/c1-8(12-2)11(16)14-7-10(15)5-9(14)6-13(3)4/h8-10,12,15H,5-7H2,1-4H3. The summed E-state index contributed by atoms with van der Waals surface area (Å²) in [5, 5.41) is 12.6. The maximum atomic E-state index is 12.0. The van der Waals surface area contributed by atoms with Gasteiger partial charge in [-0.15, -0.1) is 0 Å². The van der Waals surface area contributed by atoms with Crippen LogP contribution in [0, 0.1) is 0 Å². The summed E-state index contributed by atoms with van der Waals surface area (Å²) in [6.07, 6.45) is 0.304. The first kappa shape index (κ1) is 13.4. The van der Waals surface area contributed by atoms with Gasteiger partial charge in [0, 0.05) is 19.1 Å². The van der Waals surface area contributed by atoms with Crippen molar-refractivity contribution in [3.05, 3.63) is 0 Å². The van der Waals surface area contributed by atoms with Gasteiger partial charge in [-0.1, -0.05) is 0 Å². The second-order valence-corrected chi connectivity index (χ2v) is 4.81. The highest BCUT2D eigenvalue weighted by Crippen LogP contribution is 2.19. The number of nitrogens with one attached hydrogen (secondary N) is 1. The monoisotopic (exact) mass is 229 g/mol. The zero-order valence-corrected chi connectivity index (χ0v) is 10.6. The second kappa shape index (κ2) is 5.61. The summed E-state index contributed by atoms with van der Waals surface area (Å²) in [5.41, 5.74) is 0. The molecule has 1 aliphatic heterocycles. The van der Waals surface area contributed by atoms with Crippen molar-refractivity contribution in [2.45, 2.75) is 31.5 Å². The van der Waals surface area contributed by atoms with E-state index in [-0.39, 0.29) is 24.1 Å².